The average molecular weight is 223 g/mol. The van der Waals surface area contributed by atoms with Crippen LogP contribution in [-0.4, -0.2) is 10.2 Å². The molecular formula is C9H7BrN2. The van der Waals surface area contributed by atoms with Crippen LogP contribution in [0.2, 0.25) is 0 Å². The maximum atomic E-state index is 3.84. The molecule has 0 bridgehead atoms. The van der Waals surface area contributed by atoms with Crippen molar-refractivity contribution in [2.75, 3.05) is 0 Å². The van der Waals surface area contributed by atoms with E-state index in [9.17, 15) is 0 Å². The summed E-state index contributed by atoms with van der Waals surface area (Å²) in [5, 5.41) is 9.95. The number of rotatable bonds is 0. The van der Waals surface area contributed by atoms with Gasteiger partial charge in [0.15, 0.2) is 0 Å². The Morgan fingerprint density at radius 2 is 1.75 bits per heavy atom. The monoisotopic (exact) mass is 222 g/mol. The smallest absolute Gasteiger partial charge is 0.0586 e. The molecule has 0 radical (unpaired) electrons. The highest BCUT2D eigenvalue weighted by Crippen LogP contribution is 2.24. The van der Waals surface area contributed by atoms with Crippen LogP contribution in [0.15, 0.2) is 29.0 Å². The van der Waals surface area contributed by atoms with Gasteiger partial charge in [-0.15, -0.1) is 0 Å². The summed E-state index contributed by atoms with van der Waals surface area (Å²) < 4.78 is 1.07. The van der Waals surface area contributed by atoms with Crippen molar-refractivity contribution in [3.63, 3.8) is 0 Å². The molecule has 0 saturated heterocycles. The number of halogens is 1. The number of aromatic nitrogens is 2. The number of nitrogens with zero attached hydrogens (tertiary/aromatic N) is 2. The molecule has 2 nitrogen and oxygen atoms in total. The molecule has 0 aliphatic rings. The lowest BCUT2D eigenvalue weighted by Gasteiger charge is -2.01. The van der Waals surface area contributed by atoms with E-state index in [-0.39, 0.29) is 0 Å². The van der Waals surface area contributed by atoms with Crippen LogP contribution in [-0.2, 0) is 0 Å². The van der Waals surface area contributed by atoms with Crippen molar-refractivity contribution in [3.8, 4) is 0 Å². The fourth-order valence-corrected chi connectivity index (χ4v) is 1.65. The Kier molecular flexibility index (Phi) is 1.81. The Labute approximate surface area is 78.8 Å². The fourth-order valence-electron chi connectivity index (χ4n) is 1.20. The highest BCUT2D eigenvalue weighted by atomic mass is 79.9. The first kappa shape index (κ1) is 7.68. The van der Waals surface area contributed by atoms with E-state index in [0.717, 1.165) is 15.2 Å². The minimum absolute atomic E-state index is 1.07. The third-order valence-electron chi connectivity index (χ3n) is 1.89. The second kappa shape index (κ2) is 2.83. The molecule has 0 amide bonds. The molecule has 1 aromatic carbocycles. The molecule has 3 heteroatoms. The lowest BCUT2D eigenvalue weighted by molar-refractivity contribution is 1.05. The summed E-state index contributed by atoms with van der Waals surface area (Å²) in [4.78, 5) is 0. The van der Waals surface area contributed by atoms with E-state index >= 15 is 0 Å². The quantitative estimate of drug-likeness (QED) is 0.686. The van der Waals surface area contributed by atoms with Crippen LogP contribution in [0.3, 0.4) is 0 Å². The Morgan fingerprint density at radius 1 is 1.08 bits per heavy atom. The topological polar surface area (TPSA) is 25.8 Å². The van der Waals surface area contributed by atoms with Gasteiger partial charge < -0.3 is 0 Å². The summed E-state index contributed by atoms with van der Waals surface area (Å²) in [5.41, 5.74) is 1.23. The molecular weight excluding hydrogens is 216 g/mol. The van der Waals surface area contributed by atoms with Crippen LogP contribution in [0.5, 0.6) is 0 Å². The molecule has 0 atom stereocenters. The molecule has 0 N–H and O–H groups in total. The number of hydrogen-bond acceptors (Lipinski definition) is 2. The van der Waals surface area contributed by atoms with Gasteiger partial charge in [-0.2, -0.15) is 10.2 Å². The lowest BCUT2D eigenvalue weighted by Crippen LogP contribution is -1.84. The zero-order valence-electron chi connectivity index (χ0n) is 6.58. The molecule has 0 fully saturated rings. The van der Waals surface area contributed by atoms with Crippen molar-refractivity contribution in [3.05, 3.63) is 34.6 Å². The van der Waals surface area contributed by atoms with Crippen molar-refractivity contribution in [2.45, 2.75) is 6.92 Å². The Morgan fingerprint density at radius 3 is 2.42 bits per heavy atom. The molecule has 1 aromatic heterocycles. The van der Waals surface area contributed by atoms with Gasteiger partial charge in [-0.05, 0) is 18.6 Å². The van der Waals surface area contributed by atoms with E-state index in [0.29, 0.717) is 0 Å². The molecule has 0 aliphatic heterocycles. The molecule has 0 aliphatic carbocycles. The second-order valence-corrected chi connectivity index (χ2v) is 3.54. The minimum atomic E-state index is 1.07. The van der Waals surface area contributed by atoms with E-state index in [1.165, 1.54) is 5.56 Å². The zero-order chi connectivity index (χ0) is 8.55. The molecule has 60 valence electrons. The van der Waals surface area contributed by atoms with Crippen LogP contribution >= 0.6 is 15.9 Å². The fraction of sp³-hybridized carbons (Fsp3) is 0.111. The maximum Gasteiger partial charge on any atom is 0.0586 e. The highest BCUT2D eigenvalue weighted by Gasteiger charge is 2.00. The summed E-state index contributed by atoms with van der Waals surface area (Å²) >= 11 is 3.46. The van der Waals surface area contributed by atoms with Gasteiger partial charge in [0.2, 0.25) is 0 Å². The van der Waals surface area contributed by atoms with Crippen molar-refractivity contribution < 1.29 is 0 Å². The van der Waals surface area contributed by atoms with Gasteiger partial charge in [0.1, 0.15) is 0 Å². The second-order valence-electron chi connectivity index (χ2n) is 2.68. The summed E-state index contributed by atoms with van der Waals surface area (Å²) in [6.07, 6.45) is 3.56. The van der Waals surface area contributed by atoms with Gasteiger partial charge in [-0.3, -0.25) is 0 Å². The minimum Gasteiger partial charge on any atom is -0.158 e. The summed E-state index contributed by atoms with van der Waals surface area (Å²) in [6.45, 7) is 2.07. The number of hydrogen-bond donors (Lipinski definition) is 0. The molecule has 12 heavy (non-hydrogen) atoms. The Balaban J connectivity index is 2.95. The maximum absolute atomic E-state index is 3.84. The molecule has 0 saturated carbocycles. The van der Waals surface area contributed by atoms with Crippen LogP contribution in [0.4, 0.5) is 0 Å². The highest BCUT2D eigenvalue weighted by molar-refractivity contribution is 9.10. The first-order valence-electron chi connectivity index (χ1n) is 3.64. The van der Waals surface area contributed by atoms with Crippen LogP contribution in [0, 0.1) is 6.92 Å². The summed E-state index contributed by atoms with van der Waals surface area (Å²) in [7, 11) is 0. The third kappa shape index (κ3) is 1.10. The van der Waals surface area contributed by atoms with Gasteiger partial charge in [0, 0.05) is 15.2 Å². The van der Waals surface area contributed by atoms with Gasteiger partial charge in [-0.25, -0.2) is 0 Å². The molecule has 0 unspecified atom stereocenters. The van der Waals surface area contributed by atoms with Crippen molar-refractivity contribution in [2.24, 2.45) is 0 Å². The molecule has 1 heterocycles. The van der Waals surface area contributed by atoms with E-state index in [4.69, 9.17) is 0 Å². The van der Waals surface area contributed by atoms with Crippen molar-refractivity contribution in [1.82, 2.24) is 10.2 Å². The van der Waals surface area contributed by atoms with E-state index in [1.54, 1.807) is 12.4 Å². The first-order chi connectivity index (χ1) is 5.79. The largest absolute Gasteiger partial charge is 0.158 e. The summed E-state index contributed by atoms with van der Waals surface area (Å²) in [5.74, 6) is 0. The predicted molar refractivity (Wildman–Crippen MR) is 52.0 cm³/mol. The molecule has 0 spiro atoms. The SMILES string of the molecule is Cc1ccc(Br)c2cnncc12. The normalized spacial score (nSPS) is 10.5. The number of benzene rings is 1. The predicted octanol–water partition coefficient (Wildman–Crippen LogP) is 2.70. The average Bonchev–Trinajstić information content (AvgIpc) is 2.12. The third-order valence-corrected chi connectivity index (χ3v) is 2.58. The Hall–Kier alpha value is -0.960. The van der Waals surface area contributed by atoms with Crippen LogP contribution in [0.1, 0.15) is 5.56 Å². The number of fused-ring (bicyclic) bond motifs is 1. The molecule has 2 rings (SSSR count). The van der Waals surface area contributed by atoms with Gasteiger partial charge in [-0.1, -0.05) is 22.0 Å². The van der Waals surface area contributed by atoms with Gasteiger partial charge in [0.05, 0.1) is 12.4 Å². The van der Waals surface area contributed by atoms with Gasteiger partial charge in [0.25, 0.3) is 0 Å². The lowest BCUT2D eigenvalue weighted by atomic mass is 10.1. The van der Waals surface area contributed by atoms with E-state index < -0.39 is 0 Å². The first-order valence-corrected chi connectivity index (χ1v) is 4.44. The van der Waals surface area contributed by atoms with Gasteiger partial charge >= 0.3 is 0 Å². The van der Waals surface area contributed by atoms with E-state index in [2.05, 4.69) is 39.1 Å². The van der Waals surface area contributed by atoms with E-state index in [1.807, 2.05) is 6.07 Å². The zero-order valence-corrected chi connectivity index (χ0v) is 8.17. The van der Waals surface area contributed by atoms with Crippen molar-refractivity contribution >= 4 is 26.7 Å². The van der Waals surface area contributed by atoms with Crippen LogP contribution < -0.4 is 0 Å². The standard InChI is InChI=1S/C9H7BrN2/c1-6-2-3-9(10)8-5-12-11-4-7(6)8/h2-5H,1H3. The summed E-state index contributed by atoms with van der Waals surface area (Å²) in [6, 6.07) is 4.09. The van der Waals surface area contributed by atoms with Crippen molar-refractivity contribution in [1.29, 1.82) is 0 Å². The Bertz CT molecular complexity index is 385. The number of aryl methyl sites for hydroxylation is 1. The van der Waals surface area contributed by atoms with Crippen LogP contribution in [0.25, 0.3) is 10.8 Å². The molecule has 2 aromatic rings.